The normalized spacial score (nSPS) is 18.2. The van der Waals surface area contributed by atoms with Gasteiger partial charge in [0.2, 0.25) is 0 Å². The number of hydrogen-bond donors (Lipinski definition) is 4. The first kappa shape index (κ1) is 23.2. The average molecular weight is 458 g/mol. The van der Waals surface area contributed by atoms with Crippen LogP contribution in [0, 0.1) is 5.92 Å². The standard InChI is InChI=1S/C27H27N3O4/c1-18(7-5-6-16-31)27(34)23-17-21(29-25(32)19-10-12-20(28)13-11-19)14-15-24(23)30(26(27)33)22-8-3-2-4-9-22/h2-5,7-15,17-18,31,34H,6,16,28H2,1H3,(H,29,32)/b7-5+/t18-,27+/m1/s1. The van der Waals surface area contributed by atoms with E-state index >= 15 is 0 Å². The molecule has 0 bridgehead atoms. The predicted molar refractivity (Wildman–Crippen MR) is 133 cm³/mol. The Morgan fingerprint density at radius 2 is 1.82 bits per heavy atom. The van der Waals surface area contributed by atoms with E-state index in [0.29, 0.717) is 40.3 Å². The average Bonchev–Trinajstić information content (AvgIpc) is 3.07. The van der Waals surface area contributed by atoms with Crippen molar-refractivity contribution in [3.05, 3.63) is 96.1 Å². The molecule has 174 valence electrons. The van der Waals surface area contributed by atoms with E-state index in [1.807, 2.05) is 18.2 Å². The molecule has 1 aliphatic rings. The van der Waals surface area contributed by atoms with Crippen molar-refractivity contribution in [1.82, 2.24) is 0 Å². The molecule has 7 heteroatoms. The van der Waals surface area contributed by atoms with E-state index in [4.69, 9.17) is 10.8 Å². The number of aliphatic hydroxyl groups is 2. The molecule has 1 aliphatic heterocycles. The van der Waals surface area contributed by atoms with Gasteiger partial charge in [-0.05, 0) is 61.0 Å². The number of rotatable bonds is 7. The topological polar surface area (TPSA) is 116 Å². The first-order chi connectivity index (χ1) is 16.4. The van der Waals surface area contributed by atoms with Crippen molar-refractivity contribution in [3.63, 3.8) is 0 Å². The molecule has 0 fully saturated rings. The highest BCUT2D eigenvalue weighted by Crippen LogP contribution is 2.49. The highest BCUT2D eigenvalue weighted by atomic mass is 16.3. The Kier molecular flexibility index (Phi) is 6.49. The second-order valence-corrected chi connectivity index (χ2v) is 8.28. The molecule has 0 saturated carbocycles. The molecular weight excluding hydrogens is 430 g/mol. The molecule has 0 radical (unpaired) electrons. The van der Waals surface area contributed by atoms with E-state index in [-0.39, 0.29) is 12.5 Å². The molecule has 0 saturated heterocycles. The Morgan fingerprint density at radius 1 is 1.12 bits per heavy atom. The summed E-state index contributed by atoms with van der Waals surface area (Å²) in [6, 6.07) is 20.7. The molecule has 3 aromatic carbocycles. The summed E-state index contributed by atoms with van der Waals surface area (Å²) in [4.78, 5) is 27.9. The van der Waals surface area contributed by atoms with Gasteiger partial charge in [-0.15, -0.1) is 0 Å². The fourth-order valence-electron chi connectivity index (χ4n) is 4.13. The third kappa shape index (κ3) is 4.19. The fraction of sp³-hybridized carbons (Fsp3) is 0.185. The van der Waals surface area contributed by atoms with Crippen molar-refractivity contribution >= 4 is 34.6 Å². The van der Waals surface area contributed by atoms with Crippen molar-refractivity contribution in [2.24, 2.45) is 5.92 Å². The zero-order chi connectivity index (χ0) is 24.3. The number of fused-ring (bicyclic) bond motifs is 1. The van der Waals surface area contributed by atoms with E-state index in [1.165, 1.54) is 4.90 Å². The molecule has 34 heavy (non-hydrogen) atoms. The van der Waals surface area contributed by atoms with Crippen LogP contribution in [0.15, 0.2) is 84.9 Å². The van der Waals surface area contributed by atoms with Gasteiger partial charge in [0.15, 0.2) is 5.60 Å². The Morgan fingerprint density at radius 3 is 2.50 bits per heavy atom. The SMILES string of the molecule is C[C@H](/C=C/CCO)[C@@]1(O)C(=O)N(c2ccccc2)c2ccc(NC(=O)c3ccc(N)cc3)cc21. The molecule has 3 aromatic rings. The summed E-state index contributed by atoms with van der Waals surface area (Å²) < 4.78 is 0. The molecular formula is C27H27N3O4. The Hall–Kier alpha value is -3.94. The summed E-state index contributed by atoms with van der Waals surface area (Å²) in [6.45, 7) is 1.73. The van der Waals surface area contributed by atoms with E-state index < -0.39 is 17.4 Å². The van der Waals surface area contributed by atoms with E-state index in [1.54, 1.807) is 73.7 Å². The monoisotopic (exact) mass is 457 g/mol. The number of nitrogen functional groups attached to an aromatic ring is 1. The summed E-state index contributed by atoms with van der Waals surface area (Å²) in [5.41, 5.74) is 6.88. The number of hydrogen-bond acceptors (Lipinski definition) is 5. The van der Waals surface area contributed by atoms with Gasteiger partial charge < -0.3 is 21.3 Å². The minimum atomic E-state index is -1.85. The molecule has 1 heterocycles. The van der Waals surface area contributed by atoms with Crippen LogP contribution >= 0.6 is 0 Å². The summed E-state index contributed by atoms with van der Waals surface area (Å²) in [5.74, 6) is -1.39. The highest BCUT2D eigenvalue weighted by molar-refractivity contribution is 6.13. The lowest BCUT2D eigenvalue weighted by molar-refractivity contribution is -0.138. The van der Waals surface area contributed by atoms with Crippen LogP contribution in [0.2, 0.25) is 0 Å². The minimum absolute atomic E-state index is 0.0242. The van der Waals surface area contributed by atoms with Crippen LogP contribution in [0.5, 0.6) is 0 Å². The molecule has 2 atom stereocenters. The molecule has 0 spiro atoms. The second-order valence-electron chi connectivity index (χ2n) is 8.28. The predicted octanol–water partition coefficient (Wildman–Crippen LogP) is 3.96. The maximum absolute atomic E-state index is 13.6. The molecule has 5 N–H and O–H groups in total. The van der Waals surface area contributed by atoms with Crippen LogP contribution in [0.25, 0.3) is 0 Å². The quantitative estimate of drug-likeness (QED) is 0.317. The molecule has 0 aliphatic carbocycles. The van der Waals surface area contributed by atoms with Crippen molar-refractivity contribution in [2.75, 3.05) is 22.6 Å². The van der Waals surface area contributed by atoms with Gasteiger partial charge in [0.05, 0.1) is 5.69 Å². The summed E-state index contributed by atoms with van der Waals surface area (Å²) >= 11 is 0. The van der Waals surface area contributed by atoms with Crippen molar-refractivity contribution in [2.45, 2.75) is 18.9 Å². The number of nitrogens with zero attached hydrogens (tertiary/aromatic N) is 1. The largest absolute Gasteiger partial charge is 0.399 e. The Bertz CT molecular complexity index is 1220. The van der Waals surface area contributed by atoms with Gasteiger partial charge in [-0.2, -0.15) is 0 Å². The van der Waals surface area contributed by atoms with Crippen LogP contribution in [-0.4, -0.2) is 28.6 Å². The van der Waals surface area contributed by atoms with Gasteiger partial charge in [0.1, 0.15) is 0 Å². The Balaban J connectivity index is 1.75. The molecule has 0 unspecified atom stereocenters. The zero-order valence-corrected chi connectivity index (χ0v) is 18.8. The number of carbonyl (C=O) groups is 2. The number of anilines is 4. The maximum atomic E-state index is 13.6. The van der Waals surface area contributed by atoms with Gasteiger partial charge in [-0.25, -0.2) is 0 Å². The molecule has 7 nitrogen and oxygen atoms in total. The fourth-order valence-corrected chi connectivity index (χ4v) is 4.13. The van der Waals surface area contributed by atoms with Crippen molar-refractivity contribution in [1.29, 1.82) is 0 Å². The summed E-state index contributed by atoms with van der Waals surface area (Å²) in [5, 5.41) is 23.7. The number of nitrogens with two attached hydrogens (primary N) is 1. The third-order valence-electron chi connectivity index (χ3n) is 6.00. The third-order valence-corrected chi connectivity index (χ3v) is 6.00. The van der Waals surface area contributed by atoms with Gasteiger partial charge >= 0.3 is 0 Å². The van der Waals surface area contributed by atoms with Gasteiger partial charge in [-0.3, -0.25) is 14.5 Å². The summed E-state index contributed by atoms with van der Waals surface area (Å²) in [7, 11) is 0. The number of aliphatic hydroxyl groups excluding tert-OH is 1. The van der Waals surface area contributed by atoms with Crippen LogP contribution in [0.4, 0.5) is 22.7 Å². The lowest BCUT2D eigenvalue weighted by atomic mass is 9.82. The van der Waals surface area contributed by atoms with Crippen LogP contribution in [0.1, 0.15) is 29.3 Å². The van der Waals surface area contributed by atoms with Crippen LogP contribution < -0.4 is 16.0 Å². The molecule has 4 rings (SSSR count). The first-order valence-electron chi connectivity index (χ1n) is 11.1. The van der Waals surface area contributed by atoms with Crippen molar-refractivity contribution in [3.8, 4) is 0 Å². The van der Waals surface area contributed by atoms with Gasteiger partial charge in [-0.1, -0.05) is 37.3 Å². The number of nitrogens with one attached hydrogen (secondary N) is 1. The zero-order valence-electron chi connectivity index (χ0n) is 18.8. The second kappa shape index (κ2) is 9.51. The molecule has 2 amide bonds. The Labute approximate surface area is 198 Å². The number of benzene rings is 3. The molecule has 0 aromatic heterocycles. The lowest BCUT2D eigenvalue weighted by Gasteiger charge is -2.27. The lowest BCUT2D eigenvalue weighted by Crippen LogP contribution is -2.42. The smallest absolute Gasteiger partial charge is 0.268 e. The van der Waals surface area contributed by atoms with Crippen LogP contribution in [-0.2, 0) is 10.4 Å². The highest BCUT2D eigenvalue weighted by Gasteiger charge is 2.53. The van der Waals surface area contributed by atoms with Crippen LogP contribution in [0.3, 0.4) is 0 Å². The van der Waals surface area contributed by atoms with Crippen molar-refractivity contribution < 1.29 is 19.8 Å². The van der Waals surface area contributed by atoms with Gasteiger partial charge in [0.25, 0.3) is 11.8 Å². The number of para-hydroxylation sites is 1. The van der Waals surface area contributed by atoms with E-state index in [9.17, 15) is 14.7 Å². The maximum Gasteiger partial charge on any atom is 0.268 e. The first-order valence-corrected chi connectivity index (χ1v) is 11.1. The number of amides is 2. The van der Waals surface area contributed by atoms with E-state index in [2.05, 4.69) is 5.32 Å². The van der Waals surface area contributed by atoms with E-state index in [0.717, 1.165) is 0 Å². The van der Waals surface area contributed by atoms with Gasteiger partial charge in [0, 0.05) is 40.7 Å². The number of carbonyl (C=O) groups excluding carboxylic acids is 2. The summed E-state index contributed by atoms with van der Waals surface area (Å²) in [6.07, 6.45) is 3.89. The minimum Gasteiger partial charge on any atom is -0.399 e.